The van der Waals surface area contributed by atoms with E-state index in [0.717, 1.165) is 0 Å². The molecule has 1 aliphatic heterocycles. The Balaban J connectivity index is 0.000000318. The van der Waals surface area contributed by atoms with Gasteiger partial charge in [-0.3, -0.25) is 9.59 Å². The topological polar surface area (TPSA) is 71.1 Å². The van der Waals surface area contributed by atoms with Crippen LogP contribution in [0.3, 0.4) is 0 Å². The zero-order valence-corrected chi connectivity index (χ0v) is 11.7. The van der Waals surface area contributed by atoms with E-state index in [1.807, 2.05) is 20.8 Å². The molecule has 0 atom stereocenters. The maximum atomic E-state index is 10.0. The Hall–Kier alpha value is -0.763. The van der Waals surface area contributed by atoms with Crippen molar-refractivity contribution in [2.75, 3.05) is 19.8 Å². The molecule has 0 aromatic carbocycles. The SMILES string of the molecule is CCO[SiH](OCC)OCC.O=C1CCC(=O)O1. The fraction of sp³-hybridized carbons (Fsp3) is 0.800. The molecule has 0 radical (unpaired) electrons. The van der Waals surface area contributed by atoms with E-state index in [2.05, 4.69) is 4.74 Å². The second-order valence-electron chi connectivity index (χ2n) is 3.00. The third-order valence-electron chi connectivity index (χ3n) is 1.67. The van der Waals surface area contributed by atoms with Gasteiger partial charge in [0.25, 0.3) is 0 Å². The highest BCUT2D eigenvalue weighted by Gasteiger charge is 2.19. The Bertz CT molecular complexity index is 205. The third-order valence-corrected chi connectivity index (χ3v) is 3.49. The van der Waals surface area contributed by atoms with E-state index in [4.69, 9.17) is 13.3 Å². The van der Waals surface area contributed by atoms with Crippen molar-refractivity contribution in [2.45, 2.75) is 33.6 Å². The van der Waals surface area contributed by atoms with Crippen molar-refractivity contribution in [3.8, 4) is 0 Å². The van der Waals surface area contributed by atoms with Crippen molar-refractivity contribution < 1.29 is 27.6 Å². The molecular weight excluding hydrogens is 244 g/mol. The molecule has 0 N–H and O–H groups in total. The Morgan fingerprint density at radius 1 is 0.941 bits per heavy atom. The number of carbonyl (C=O) groups excluding carboxylic acids is 2. The maximum Gasteiger partial charge on any atom is 0.484 e. The highest BCUT2D eigenvalue weighted by Crippen LogP contribution is 2.03. The zero-order valence-electron chi connectivity index (χ0n) is 10.6. The fourth-order valence-corrected chi connectivity index (χ4v) is 2.09. The first kappa shape index (κ1) is 16.2. The first-order chi connectivity index (χ1) is 8.13. The van der Waals surface area contributed by atoms with Crippen molar-refractivity contribution in [3.05, 3.63) is 0 Å². The van der Waals surface area contributed by atoms with Crippen LogP contribution < -0.4 is 0 Å². The summed E-state index contributed by atoms with van der Waals surface area (Å²) in [4.78, 5) is 20.0. The molecular formula is C10H20O6Si. The monoisotopic (exact) mass is 264 g/mol. The highest BCUT2D eigenvalue weighted by molar-refractivity contribution is 6.36. The Kier molecular flexibility index (Phi) is 9.93. The van der Waals surface area contributed by atoms with Gasteiger partial charge in [0.05, 0.1) is 12.8 Å². The molecule has 17 heavy (non-hydrogen) atoms. The van der Waals surface area contributed by atoms with Gasteiger partial charge in [0.15, 0.2) is 0 Å². The molecule has 0 saturated carbocycles. The molecule has 1 rings (SSSR count). The van der Waals surface area contributed by atoms with Gasteiger partial charge in [0, 0.05) is 19.8 Å². The quantitative estimate of drug-likeness (QED) is 0.399. The molecule has 1 heterocycles. The minimum atomic E-state index is -1.73. The molecule has 7 heteroatoms. The highest BCUT2D eigenvalue weighted by atomic mass is 28.3. The average Bonchev–Trinajstić information content (AvgIpc) is 2.65. The minimum absolute atomic E-state index is 0.263. The number of carbonyl (C=O) groups is 2. The summed E-state index contributed by atoms with van der Waals surface area (Å²) >= 11 is 0. The first-order valence-corrected chi connectivity index (χ1v) is 7.13. The molecule has 100 valence electrons. The standard InChI is InChI=1S/C6H16O3Si.C4H4O3/c1-4-7-10(8-5-2)9-6-3;5-3-1-2-4(6)7-3/h10H,4-6H2,1-3H3;1-2H2. The van der Waals surface area contributed by atoms with E-state index < -0.39 is 21.5 Å². The van der Waals surface area contributed by atoms with Crippen molar-refractivity contribution in [1.82, 2.24) is 0 Å². The molecule has 0 aliphatic carbocycles. The number of hydrogen-bond donors (Lipinski definition) is 0. The summed E-state index contributed by atoms with van der Waals surface area (Å²) in [5.41, 5.74) is 0. The Morgan fingerprint density at radius 2 is 1.29 bits per heavy atom. The van der Waals surface area contributed by atoms with E-state index in [-0.39, 0.29) is 12.8 Å². The second kappa shape index (κ2) is 10.4. The predicted molar refractivity (Wildman–Crippen MR) is 62.4 cm³/mol. The van der Waals surface area contributed by atoms with Gasteiger partial charge in [-0.25, -0.2) is 0 Å². The normalized spacial score (nSPS) is 14.6. The fourth-order valence-electron chi connectivity index (χ4n) is 0.986. The van der Waals surface area contributed by atoms with Crippen molar-refractivity contribution in [1.29, 1.82) is 0 Å². The summed E-state index contributed by atoms with van der Waals surface area (Å²) in [6, 6.07) is 0. The molecule has 1 fully saturated rings. The van der Waals surface area contributed by atoms with Crippen LogP contribution in [0.4, 0.5) is 0 Å². The summed E-state index contributed by atoms with van der Waals surface area (Å²) in [6.07, 6.45) is 0.525. The van der Waals surface area contributed by atoms with Crippen LogP contribution in [0.1, 0.15) is 33.6 Å². The molecule has 0 amide bonds. The van der Waals surface area contributed by atoms with Crippen LogP contribution in [0.2, 0.25) is 0 Å². The van der Waals surface area contributed by atoms with E-state index in [0.29, 0.717) is 19.8 Å². The Labute approximate surface area is 103 Å². The van der Waals surface area contributed by atoms with E-state index in [9.17, 15) is 9.59 Å². The predicted octanol–water partition coefficient (Wildman–Crippen LogP) is 0.663. The molecule has 1 saturated heterocycles. The van der Waals surface area contributed by atoms with Crippen LogP contribution in [-0.4, -0.2) is 41.3 Å². The van der Waals surface area contributed by atoms with Crippen LogP contribution in [-0.2, 0) is 27.6 Å². The van der Waals surface area contributed by atoms with Gasteiger partial charge in [-0.2, -0.15) is 0 Å². The van der Waals surface area contributed by atoms with Crippen molar-refractivity contribution in [2.24, 2.45) is 0 Å². The van der Waals surface area contributed by atoms with Gasteiger partial charge >= 0.3 is 21.5 Å². The van der Waals surface area contributed by atoms with Crippen LogP contribution in [0.5, 0.6) is 0 Å². The van der Waals surface area contributed by atoms with Gasteiger partial charge in [0.1, 0.15) is 0 Å². The smallest absolute Gasteiger partial charge is 0.393 e. The van der Waals surface area contributed by atoms with Crippen molar-refractivity contribution >= 4 is 21.5 Å². The summed E-state index contributed by atoms with van der Waals surface area (Å²) in [5.74, 6) is -0.796. The van der Waals surface area contributed by atoms with Gasteiger partial charge in [-0.15, -0.1) is 0 Å². The van der Waals surface area contributed by atoms with Gasteiger partial charge in [0.2, 0.25) is 0 Å². The van der Waals surface area contributed by atoms with Gasteiger partial charge in [-0.1, -0.05) is 0 Å². The second-order valence-corrected chi connectivity index (χ2v) is 4.58. The van der Waals surface area contributed by atoms with Gasteiger partial charge < -0.3 is 18.0 Å². The maximum absolute atomic E-state index is 10.0. The van der Waals surface area contributed by atoms with E-state index in [1.54, 1.807) is 0 Å². The lowest BCUT2D eigenvalue weighted by Crippen LogP contribution is -2.27. The van der Waals surface area contributed by atoms with Crippen LogP contribution >= 0.6 is 0 Å². The lowest BCUT2D eigenvalue weighted by atomic mass is 10.4. The summed E-state index contributed by atoms with van der Waals surface area (Å²) in [6.45, 7) is 7.86. The number of ether oxygens (including phenoxy) is 1. The molecule has 0 bridgehead atoms. The average molecular weight is 264 g/mol. The minimum Gasteiger partial charge on any atom is -0.393 e. The molecule has 1 aliphatic rings. The Morgan fingerprint density at radius 3 is 1.47 bits per heavy atom. The molecule has 0 unspecified atom stereocenters. The molecule has 0 spiro atoms. The number of hydrogen-bond acceptors (Lipinski definition) is 6. The lowest BCUT2D eigenvalue weighted by molar-refractivity contribution is -0.151. The zero-order chi connectivity index (χ0) is 13.1. The van der Waals surface area contributed by atoms with E-state index in [1.165, 1.54) is 0 Å². The first-order valence-electron chi connectivity index (χ1n) is 5.72. The summed E-state index contributed by atoms with van der Waals surface area (Å²) in [7, 11) is -1.73. The summed E-state index contributed by atoms with van der Waals surface area (Å²) in [5, 5.41) is 0. The summed E-state index contributed by atoms with van der Waals surface area (Å²) < 4.78 is 19.7. The lowest BCUT2D eigenvalue weighted by Gasteiger charge is -2.12. The number of esters is 2. The molecule has 6 nitrogen and oxygen atoms in total. The number of cyclic esters (lactones) is 2. The van der Waals surface area contributed by atoms with Crippen LogP contribution in [0, 0.1) is 0 Å². The molecule has 0 aromatic heterocycles. The molecule has 0 aromatic rings. The van der Waals surface area contributed by atoms with Gasteiger partial charge in [-0.05, 0) is 20.8 Å². The van der Waals surface area contributed by atoms with Crippen LogP contribution in [0.15, 0.2) is 0 Å². The largest absolute Gasteiger partial charge is 0.484 e. The van der Waals surface area contributed by atoms with Crippen molar-refractivity contribution in [3.63, 3.8) is 0 Å². The third kappa shape index (κ3) is 8.99. The van der Waals surface area contributed by atoms with E-state index >= 15 is 0 Å². The van der Waals surface area contributed by atoms with Crippen LogP contribution in [0.25, 0.3) is 0 Å². The number of rotatable bonds is 6.